The monoisotopic (exact) mass is 485 g/mol. The zero-order valence-corrected chi connectivity index (χ0v) is 19.9. The molecule has 1 fully saturated rings. The van der Waals surface area contributed by atoms with Gasteiger partial charge >= 0.3 is 0 Å². The van der Waals surface area contributed by atoms with E-state index < -0.39 is 16.1 Å². The number of amides is 1. The lowest BCUT2D eigenvalue weighted by Crippen LogP contribution is -2.54. The second-order valence-electron chi connectivity index (χ2n) is 7.38. The molecule has 168 valence electrons. The van der Waals surface area contributed by atoms with Crippen LogP contribution >= 0.6 is 23.2 Å². The Morgan fingerprint density at radius 2 is 1.68 bits per heavy atom. The van der Waals surface area contributed by atoms with E-state index >= 15 is 0 Å². The van der Waals surface area contributed by atoms with E-state index in [1.54, 1.807) is 4.90 Å². The zero-order chi connectivity index (χ0) is 22.8. The SMILES string of the molecule is COc1ccc(Cl)cc1S(=O)(=O)N[C@@H](C)C(=O)N1CCN(c2cc(Cl)ccc2C)CC1. The molecule has 31 heavy (non-hydrogen) atoms. The van der Waals surface area contributed by atoms with E-state index in [0.717, 1.165) is 11.3 Å². The Balaban J connectivity index is 1.66. The maximum atomic E-state index is 12.9. The number of anilines is 1. The fraction of sp³-hybridized carbons (Fsp3) is 0.381. The second kappa shape index (κ2) is 9.65. The van der Waals surface area contributed by atoms with Gasteiger partial charge in [0, 0.05) is 41.9 Å². The van der Waals surface area contributed by atoms with Crippen LogP contribution in [0.2, 0.25) is 10.0 Å². The zero-order valence-electron chi connectivity index (χ0n) is 17.6. The minimum atomic E-state index is -4.00. The van der Waals surface area contributed by atoms with Crippen molar-refractivity contribution in [1.29, 1.82) is 0 Å². The van der Waals surface area contributed by atoms with Crippen molar-refractivity contribution < 1.29 is 17.9 Å². The standard InChI is InChI=1S/C21H25Cl2N3O4S/c1-14-4-5-16(22)12-18(14)25-8-10-26(11-9-25)21(27)15(2)24-31(28,29)20-13-17(23)6-7-19(20)30-3/h4-7,12-13,15,24H,8-11H2,1-3H3/t15-/m0/s1. The molecule has 1 aliphatic heterocycles. The summed E-state index contributed by atoms with van der Waals surface area (Å²) in [4.78, 5) is 16.6. The van der Waals surface area contributed by atoms with E-state index in [1.165, 1.54) is 32.2 Å². The number of halogens is 2. The van der Waals surface area contributed by atoms with E-state index in [0.29, 0.717) is 31.2 Å². The number of hydrogen-bond donors (Lipinski definition) is 1. The third-order valence-corrected chi connectivity index (χ3v) is 7.25. The van der Waals surface area contributed by atoms with Gasteiger partial charge in [0.1, 0.15) is 10.6 Å². The van der Waals surface area contributed by atoms with E-state index in [1.807, 2.05) is 25.1 Å². The predicted molar refractivity (Wildman–Crippen MR) is 123 cm³/mol. The molecule has 1 heterocycles. The first-order valence-corrected chi connectivity index (χ1v) is 12.0. The van der Waals surface area contributed by atoms with Crippen molar-refractivity contribution in [3.63, 3.8) is 0 Å². The fourth-order valence-electron chi connectivity index (χ4n) is 3.57. The van der Waals surface area contributed by atoms with Gasteiger partial charge in [0.25, 0.3) is 0 Å². The lowest BCUT2D eigenvalue weighted by Gasteiger charge is -2.37. The summed E-state index contributed by atoms with van der Waals surface area (Å²) in [6.07, 6.45) is 0. The highest BCUT2D eigenvalue weighted by Gasteiger charge is 2.30. The Hall–Kier alpha value is -2.00. The molecule has 0 aliphatic carbocycles. The van der Waals surface area contributed by atoms with E-state index in [2.05, 4.69) is 9.62 Å². The number of piperazine rings is 1. The van der Waals surface area contributed by atoms with Gasteiger partial charge in [-0.3, -0.25) is 4.79 Å². The number of sulfonamides is 1. The molecule has 1 atom stereocenters. The minimum Gasteiger partial charge on any atom is -0.495 e. The van der Waals surface area contributed by atoms with Gasteiger partial charge in [-0.25, -0.2) is 8.42 Å². The second-order valence-corrected chi connectivity index (χ2v) is 9.94. The summed E-state index contributed by atoms with van der Waals surface area (Å²) < 4.78 is 33.2. The van der Waals surface area contributed by atoms with Gasteiger partial charge in [-0.2, -0.15) is 4.72 Å². The topological polar surface area (TPSA) is 78.9 Å². The number of ether oxygens (including phenoxy) is 1. The Bertz CT molecular complexity index is 1070. The van der Waals surface area contributed by atoms with E-state index in [9.17, 15) is 13.2 Å². The molecule has 2 aromatic carbocycles. The first-order valence-electron chi connectivity index (χ1n) is 9.78. The number of aryl methyl sites for hydroxylation is 1. The summed E-state index contributed by atoms with van der Waals surface area (Å²) in [6.45, 7) is 5.78. The molecule has 0 bridgehead atoms. The van der Waals surface area contributed by atoms with Crippen molar-refractivity contribution in [3.05, 3.63) is 52.0 Å². The van der Waals surface area contributed by atoms with Gasteiger partial charge in [-0.05, 0) is 49.7 Å². The van der Waals surface area contributed by atoms with Crippen molar-refractivity contribution in [2.24, 2.45) is 0 Å². The molecule has 1 saturated heterocycles. The van der Waals surface area contributed by atoms with E-state index in [4.69, 9.17) is 27.9 Å². The molecule has 7 nitrogen and oxygen atoms in total. The van der Waals surface area contributed by atoms with Crippen LogP contribution in [0.25, 0.3) is 0 Å². The number of nitrogens with one attached hydrogen (secondary N) is 1. The average Bonchev–Trinajstić information content (AvgIpc) is 2.74. The van der Waals surface area contributed by atoms with Crippen LogP contribution in [0.15, 0.2) is 41.3 Å². The first kappa shape index (κ1) is 23.7. The van der Waals surface area contributed by atoms with Gasteiger partial charge in [0.15, 0.2) is 0 Å². The summed E-state index contributed by atoms with van der Waals surface area (Å²) in [5, 5.41) is 0.922. The molecular weight excluding hydrogens is 461 g/mol. The lowest BCUT2D eigenvalue weighted by molar-refractivity contribution is -0.132. The highest BCUT2D eigenvalue weighted by Crippen LogP contribution is 2.28. The summed E-state index contributed by atoms with van der Waals surface area (Å²) >= 11 is 12.1. The molecule has 0 unspecified atom stereocenters. The van der Waals surface area contributed by atoms with Crippen LogP contribution in [-0.4, -0.2) is 58.6 Å². The van der Waals surface area contributed by atoms with Gasteiger partial charge in [0.2, 0.25) is 15.9 Å². The molecule has 0 spiro atoms. The highest BCUT2D eigenvalue weighted by atomic mass is 35.5. The first-order chi connectivity index (χ1) is 14.6. The minimum absolute atomic E-state index is 0.108. The maximum Gasteiger partial charge on any atom is 0.245 e. The molecular formula is C21H25Cl2N3O4S. The van der Waals surface area contributed by atoms with Crippen LogP contribution in [-0.2, 0) is 14.8 Å². The van der Waals surface area contributed by atoms with Crippen LogP contribution in [0.5, 0.6) is 5.75 Å². The Morgan fingerprint density at radius 1 is 1.06 bits per heavy atom. The van der Waals surface area contributed by atoms with Crippen LogP contribution in [0.3, 0.4) is 0 Å². The van der Waals surface area contributed by atoms with Crippen molar-refractivity contribution in [2.75, 3.05) is 38.2 Å². The number of carbonyl (C=O) groups is 1. The van der Waals surface area contributed by atoms with Crippen LogP contribution in [0.4, 0.5) is 5.69 Å². The van der Waals surface area contributed by atoms with Crippen LogP contribution < -0.4 is 14.4 Å². The number of methoxy groups -OCH3 is 1. The summed E-state index contributed by atoms with van der Waals surface area (Å²) in [7, 11) is -2.63. The lowest BCUT2D eigenvalue weighted by atomic mass is 10.1. The van der Waals surface area contributed by atoms with Gasteiger partial charge in [-0.1, -0.05) is 29.3 Å². The summed E-state index contributed by atoms with van der Waals surface area (Å²) in [6, 6.07) is 9.11. The van der Waals surface area contributed by atoms with Crippen molar-refractivity contribution in [1.82, 2.24) is 9.62 Å². The third-order valence-electron chi connectivity index (χ3n) is 5.22. The van der Waals surface area contributed by atoms with Crippen molar-refractivity contribution in [3.8, 4) is 5.75 Å². The van der Waals surface area contributed by atoms with Crippen LogP contribution in [0, 0.1) is 6.92 Å². The summed E-state index contributed by atoms with van der Waals surface area (Å²) in [5.74, 6) is -0.130. The predicted octanol–water partition coefficient (Wildman–Crippen LogP) is 3.33. The highest BCUT2D eigenvalue weighted by molar-refractivity contribution is 7.89. The number of hydrogen-bond acceptors (Lipinski definition) is 5. The smallest absolute Gasteiger partial charge is 0.245 e. The Labute approximate surface area is 192 Å². The Kier molecular flexibility index (Phi) is 7.36. The molecule has 0 saturated carbocycles. The molecule has 0 radical (unpaired) electrons. The summed E-state index contributed by atoms with van der Waals surface area (Å²) in [5.41, 5.74) is 2.15. The normalized spacial score (nSPS) is 15.6. The van der Waals surface area contributed by atoms with Crippen molar-refractivity contribution >= 4 is 44.8 Å². The van der Waals surface area contributed by atoms with Gasteiger partial charge in [0.05, 0.1) is 13.2 Å². The molecule has 0 aromatic heterocycles. The average molecular weight is 486 g/mol. The number of benzene rings is 2. The Morgan fingerprint density at radius 3 is 2.32 bits per heavy atom. The molecule has 1 amide bonds. The fourth-order valence-corrected chi connectivity index (χ4v) is 5.37. The third kappa shape index (κ3) is 5.44. The molecule has 1 N–H and O–H groups in total. The maximum absolute atomic E-state index is 12.9. The van der Waals surface area contributed by atoms with E-state index in [-0.39, 0.29) is 21.6 Å². The molecule has 10 heteroatoms. The van der Waals surface area contributed by atoms with Gasteiger partial charge in [-0.15, -0.1) is 0 Å². The van der Waals surface area contributed by atoms with Crippen molar-refractivity contribution in [2.45, 2.75) is 24.8 Å². The largest absolute Gasteiger partial charge is 0.495 e. The number of rotatable bonds is 6. The molecule has 1 aliphatic rings. The van der Waals surface area contributed by atoms with Crippen LogP contribution in [0.1, 0.15) is 12.5 Å². The quantitative estimate of drug-likeness (QED) is 0.678. The van der Waals surface area contributed by atoms with Gasteiger partial charge < -0.3 is 14.5 Å². The number of carbonyl (C=O) groups excluding carboxylic acids is 1. The number of nitrogens with zero attached hydrogens (tertiary/aromatic N) is 2. The molecule has 2 aromatic rings. The molecule has 3 rings (SSSR count).